The summed E-state index contributed by atoms with van der Waals surface area (Å²) in [5.41, 5.74) is 6.84. The molecular weight excluding hydrogens is 214 g/mol. The highest BCUT2D eigenvalue weighted by atomic mass is 16.5. The Balaban J connectivity index is 2.05. The highest BCUT2D eigenvalue weighted by molar-refractivity contribution is 5.31. The van der Waals surface area contributed by atoms with Crippen LogP contribution in [0, 0.1) is 0 Å². The Bertz CT molecular complexity index is 359. The summed E-state index contributed by atoms with van der Waals surface area (Å²) in [6.45, 7) is 1.70. The van der Waals surface area contributed by atoms with Gasteiger partial charge in [-0.05, 0) is 50.3 Å². The van der Waals surface area contributed by atoms with Crippen molar-refractivity contribution in [3.05, 3.63) is 29.8 Å². The molecule has 2 rings (SSSR count). The minimum atomic E-state index is -0.545. The fourth-order valence-corrected chi connectivity index (χ4v) is 2.27. The van der Waals surface area contributed by atoms with Crippen molar-refractivity contribution in [1.82, 2.24) is 0 Å². The Kier molecular flexibility index (Phi) is 4.02. The Hall–Kier alpha value is -1.06. The number of aliphatic hydroxyl groups excluding tert-OH is 1. The molecule has 3 heteroatoms. The fourth-order valence-electron chi connectivity index (χ4n) is 2.27. The van der Waals surface area contributed by atoms with Gasteiger partial charge in [0, 0.05) is 0 Å². The molecule has 1 aliphatic carbocycles. The van der Waals surface area contributed by atoms with Gasteiger partial charge in [0.25, 0.3) is 0 Å². The van der Waals surface area contributed by atoms with E-state index < -0.39 is 6.10 Å². The maximum atomic E-state index is 9.48. The number of aliphatic hydroxyl groups is 1. The van der Waals surface area contributed by atoms with Crippen molar-refractivity contribution < 1.29 is 9.84 Å². The third-order valence-electron chi connectivity index (χ3n) is 3.37. The molecule has 0 saturated heterocycles. The van der Waals surface area contributed by atoms with Gasteiger partial charge in [-0.2, -0.15) is 0 Å². The number of hydrogen-bond donors (Lipinski definition) is 2. The van der Waals surface area contributed by atoms with Crippen LogP contribution in [0.2, 0.25) is 0 Å². The molecule has 0 radical (unpaired) electrons. The van der Waals surface area contributed by atoms with Gasteiger partial charge in [-0.3, -0.25) is 0 Å². The second-order valence-electron chi connectivity index (χ2n) is 4.86. The molecule has 0 aromatic heterocycles. The average molecular weight is 235 g/mol. The van der Waals surface area contributed by atoms with Crippen molar-refractivity contribution in [3.8, 4) is 5.75 Å². The molecule has 1 aliphatic rings. The van der Waals surface area contributed by atoms with Gasteiger partial charge in [-0.25, -0.2) is 0 Å². The molecule has 2 atom stereocenters. The smallest absolute Gasteiger partial charge is 0.120 e. The quantitative estimate of drug-likeness (QED) is 0.842. The first-order valence-corrected chi connectivity index (χ1v) is 6.37. The molecule has 1 fully saturated rings. The van der Waals surface area contributed by atoms with E-state index >= 15 is 0 Å². The second-order valence-corrected chi connectivity index (χ2v) is 4.86. The molecule has 1 aromatic rings. The van der Waals surface area contributed by atoms with Gasteiger partial charge in [0.2, 0.25) is 0 Å². The molecule has 3 N–H and O–H groups in total. The lowest BCUT2D eigenvalue weighted by atomic mass is 10.0. The van der Waals surface area contributed by atoms with Crippen LogP contribution >= 0.6 is 0 Å². The van der Waals surface area contributed by atoms with Crippen molar-refractivity contribution in [1.29, 1.82) is 0 Å². The summed E-state index contributed by atoms with van der Waals surface area (Å²) < 4.78 is 5.91. The molecule has 0 unspecified atom stereocenters. The first-order chi connectivity index (χ1) is 8.16. The molecule has 0 aliphatic heterocycles. The predicted molar refractivity (Wildman–Crippen MR) is 67.9 cm³/mol. The average Bonchev–Trinajstić information content (AvgIpc) is 2.81. The highest BCUT2D eigenvalue weighted by Crippen LogP contribution is 2.26. The third-order valence-corrected chi connectivity index (χ3v) is 3.37. The summed E-state index contributed by atoms with van der Waals surface area (Å²) in [5, 5.41) is 9.48. The van der Waals surface area contributed by atoms with Crippen LogP contribution in [0.25, 0.3) is 0 Å². The summed E-state index contributed by atoms with van der Waals surface area (Å²) >= 11 is 0. The molecule has 0 amide bonds. The summed E-state index contributed by atoms with van der Waals surface area (Å²) in [6, 6.07) is 7.41. The normalized spacial score (nSPS) is 20.2. The van der Waals surface area contributed by atoms with E-state index in [-0.39, 0.29) is 6.04 Å². The van der Waals surface area contributed by atoms with Gasteiger partial charge >= 0.3 is 0 Å². The standard InChI is InChI=1S/C14H21NO2/c1-10(16)14(15)11-5-4-8-13(9-11)17-12-6-2-3-7-12/h4-5,8-10,12,14,16H,2-3,6-7,15H2,1H3/t10-,14-/m1/s1. The van der Waals surface area contributed by atoms with Gasteiger partial charge in [-0.1, -0.05) is 12.1 Å². The van der Waals surface area contributed by atoms with Crippen molar-refractivity contribution in [2.45, 2.75) is 50.9 Å². The zero-order valence-corrected chi connectivity index (χ0v) is 10.3. The van der Waals surface area contributed by atoms with E-state index in [1.165, 1.54) is 12.8 Å². The van der Waals surface area contributed by atoms with E-state index in [1.807, 2.05) is 24.3 Å². The third kappa shape index (κ3) is 3.20. The van der Waals surface area contributed by atoms with Crippen LogP contribution in [0.5, 0.6) is 5.75 Å². The zero-order valence-electron chi connectivity index (χ0n) is 10.3. The molecule has 0 bridgehead atoms. The number of nitrogens with two attached hydrogens (primary N) is 1. The molecule has 17 heavy (non-hydrogen) atoms. The maximum absolute atomic E-state index is 9.48. The largest absolute Gasteiger partial charge is 0.490 e. The number of ether oxygens (including phenoxy) is 1. The van der Waals surface area contributed by atoms with Crippen LogP contribution in [0.15, 0.2) is 24.3 Å². The Labute approximate surface area is 103 Å². The molecule has 0 heterocycles. The summed E-state index contributed by atoms with van der Waals surface area (Å²) in [7, 11) is 0. The Morgan fingerprint density at radius 3 is 2.71 bits per heavy atom. The highest BCUT2D eigenvalue weighted by Gasteiger charge is 2.17. The lowest BCUT2D eigenvalue weighted by molar-refractivity contribution is 0.163. The molecule has 1 aromatic carbocycles. The fraction of sp³-hybridized carbons (Fsp3) is 0.571. The summed E-state index contributed by atoms with van der Waals surface area (Å²) in [5.74, 6) is 0.866. The number of hydrogen-bond acceptors (Lipinski definition) is 3. The van der Waals surface area contributed by atoms with Crippen LogP contribution in [-0.2, 0) is 0 Å². The molecule has 0 spiro atoms. The van der Waals surface area contributed by atoms with Crippen molar-refractivity contribution in [2.24, 2.45) is 5.73 Å². The van der Waals surface area contributed by atoms with Crippen LogP contribution in [-0.4, -0.2) is 17.3 Å². The minimum absolute atomic E-state index is 0.345. The van der Waals surface area contributed by atoms with Crippen LogP contribution in [0.1, 0.15) is 44.2 Å². The van der Waals surface area contributed by atoms with Gasteiger partial charge in [0.15, 0.2) is 0 Å². The first-order valence-electron chi connectivity index (χ1n) is 6.37. The topological polar surface area (TPSA) is 55.5 Å². The maximum Gasteiger partial charge on any atom is 0.120 e. The predicted octanol–water partition coefficient (Wildman–Crippen LogP) is 2.39. The zero-order chi connectivity index (χ0) is 12.3. The lowest BCUT2D eigenvalue weighted by Crippen LogP contribution is -2.23. The van der Waals surface area contributed by atoms with Gasteiger partial charge in [0.05, 0.1) is 18.2 Å². The van der Waals surface area contributed by atoms with E-state index in [1.54, 1.807) is 6.92 Å². The number of rotatable bonds is 4. The molecular formula is C14H21NO2. The lowest BCUT2D eigenvalue weighted by Gasteiger charge is -2.18. The van der Waals surface area contributed by atoms with Crippen molar-refractivity contribution in [2.75, 3.05) is 0 Å². The van der Waals surface area contributed by atoms with E-state index in [4.69, 9.17) is 10.5 Å². The van der Waals surface area contributed by atoms with Crippen LogP contribution < -0.4 is 10.5 Å². The summed E-state index contributed by atoms with van der Waals surface area (Å²) in [4.78, 5) is 0. The molecule has 3 nitrogen and oxygen atoms in total. The Morgan fingerprint density at radius 1 is 1.35 bits per heavy atom. The summed E-state index contributed by atoms with van der Waals surface area (Å²) in [6.07, 6.45) is 4.62. The number of benzene rings is 1. The molecule has 1 saturated carbocycles. The Morgan fingerprint density at radius 2 is 2.06 bits per heavy atom. The van der Waals surface area contributed by atoms with Crippen LogP contribution in [0.4, 0.5) is 0 Å². The van der Waals surface area contributed by atoms with E-state index in [0.29, 0.717) is 6.10 Å². The van der Waals surface area contributed by atoms with E-state index in [0.717, 1.165) is 24.2 Å². The monoisotopic (exact) mass is 235 g/mol. The second kappa shape index (κ2) is 5.52. The SMILES string of the molecule is C[C@@H](O)[C@@H](N)c1cccc(OC2CCCC2)c1. The van der Waals surface area contributed by atoms with Crippen LogP contribution in [0.3, 0.4) is 0 Å². The first kappa shape index (κ1) is 12.4. The van der Waals surface area contributed by atoms with Gasteiger partial charge < -0.3 is 15.6 Å². The minimum Gasteiger partial charge on any atom is -0.490 e. The van der Waals surface area contributed by atoms with E-state index in [2.05, 4.69) is 0 Å². The van der Waals surface area contributed by atoms with E-state index in [9.17, 15) is 5.11 Å². The van der Waals surface area contributed by atoms with Gasteiger partial charge in [-0.15, -0.1) is 0 Å². The molecule has 94 valence electrons. The van der Waals surface area contributed by atoms with Gasteiger partial charge in [0.1, 0.15) is 5.75 Å². The van der Waals surface area contributed by atoms with Crippen molar-refractivity contribution in [3.63, 3.8) is 0 Å². The van der Waals surface area contributed by atoms with Crippen molar-refractivity contribution >= 4 is 0 Å².